The lowest BCUT2D eigenvalue weighted by atomic mass is 10.3. The lowest BCUT2D eigenvalue weighted by Crippen LogP contribution is -2.38. The Morgan fingerprint density at radius 2 is 2.11 bits per heavy atom. The van der Waals surface area contributed by atoms with Crippen molar-refractivity contribution in [1.29, 1.82) is 0 Å². The van der Waals surface area contributed by atoms with Crippen molar-refractivity contribution >= 4 is 46.9 Å². The molecule has 0 saturated heterocycles. The SMILES string of the molecule is CCNC(=NCCc1cn2cccc(C)c2n1)N(C)Cc1csc(C)n1.I. The molecule has 8 heteroatoms. The molecule has 0 aliphatic carbocycles. The second-order valence-corrected chi connectivity index (χ2v) is 7.42. The normalized spacial score (nSPS) is 11.5. The average Bonchev–Trinajstić information content (AvgIpc) is 3.21. The van der Waals surface area contributed by atoms with Gasteiger partial charge in [-0.15, -0.1) is 35.3 Å². The first-order valence-electron chi connectivity index (χ1n) is 8.90. The van der Waals surface area contributed by atoms with Gasteiger partial charge in [-0.25, -0.2) is 9.97 Å². The van der Waals surface area contributed by atoms with Crippen LogP contribution in [0.4, 0.5) is 0 Å². The van der Waals surface area contributed by atoms with Crippen molar-refractivity contribution in [2.75, 3.05) is 20.1 Å². The van der Waals surface area contributed by atoms with Crippen LogP contribution in [0.15, 0.2) is 34.9 Å². The van der Waals surface area contributed by atoms with Gasteiger partial charge in [0.1, 0.15) is 5.65 Å². The minimum atomic E-state index is 0. The van der Waals surface area contributed by atoms with Crippen LogP contribution in [0.2, 0.25) is 0 Å². The van der Waals surface area contributed by atoms with Crippen LogP contribution in [-0.4, -0.2) is 45.4 Å². The van der Waals surface area contributed by atoms with E-state index in [1.165, 1.54) is 5.56 Å². The van der Waals surface area contributed by atoms with Crippen molar-refractivity contribution in [2.45, 2.75) is 33.7 Å². The second kappa shape index (κ2) is 10.0. The number of imidazole rings is 1. The number of hydrogen-bond acceptors (Lipinski definition) is 4. The Bertz CT molecular complexity index is 901. The van der Waals surface area contributed by atoms with Gasteiger partial charge in [-0.1, -0.05) is 6.07 Å². The van der Waals surface area contributed by atoms with Crippen molar-refractivity contribution in [3.63, 3.8) is 0 Å². The third-order valence-corrected chi connectivity index (χ3v) is 4.94. The number of hydrogen-bond donors (Lipinski definition) is 1. The number of nitrogens with zero attached hydrogens (tertiary/aromatic N) is 5. The van der Waals surface area contributed by atoms with E-state index < -0.39 is 0 Å². The summed E-state index contributed by atoms with van der Waals surface area (Å²) in [5, 5.41) is 6.56. The largest absolute Gasteiger partial charge is 0.357 e. The molecule has 0 bridgehead atoms. The van der Waals surface area contributed by atoms with E-state index in [1.807, 2.05) is 26.2 Å². The zero-order valence-electron chi connectivity index (χ0n) is 16.3. The molecule has 27 heavy (non-hydrogen) atoms. The zero-order chi connectivity index (χ0) is 18.5. The monoisotopic (exact) mass is 498 g/mol. The Hall–Kier alpha value is -1.68. The maximum Gasteiger partial charge on any atom is 0.194 e. The highest BCUT2D eigenvalue weighted by molar-refractivity contribution is 14.0. The van der Waals surface area contributed by atoms with E-state index in [1.54, 1.807) is 11.3 Å². The van der Waals surface area contributed by atoms with Gasteiger partial charge in [-0.05, 0) is 32.4 Å². The standard InChI is InChI=1S/C19H26N6S.HI/c1-5-20-19(24(4)11-17-13-26-15(3)22-17)21-9-8-16-12-25-10-6-7-14(2)18(25)23-16;/h6-7,10,12-13H,5,8-9,11H2,1-4H3,(H,20,21);1H. The van der Waals surface area contributed by atoms with Gasteiger partial charge in [0.25, 0.3) is 0 Å². The summed E-state index contributed by atoms with van der Waals surface area (Å²) in [5.41, 5.74) is 4.36. The number of aromatic nitrogens is 3. The minimum Gasteiger partial charge on any atom is -0.357 e. The maximum absolute atomic E-state index is 4.76. The number of aryl methyl sites for hydroxylation is 2. The first-order valence-corrected chi connectivity index (χ1v) is 9.78. The highest BCUT2D eigenvalue weighted by Crippen LogP contribution is 2.11. The summed E-state index contributed by atoms with van der Waals surface area (Å²) in [4.78, 5) is 16.1. The number of guanidine groups is 1. The van der Waals surface area contributed by atoms with Crippen LogP contribution in [0.5, 0.6) is 0 Å². The van der Waals surface area contributed by atoms with E-state index in [9.17, 15) is 0 Å². The summed E-state index contributed by atoms with van der Waals surface area (Å²) in [5.74, 6) is 0.901. The third-order valence-electron chi connectivity index (χ3n) is 4.12. The Morgan fingerprint density at radius 3 is 2.78 bits per heavy atom. The summed E-state index contributed by atoms with van der Waals surface area (Å²) < 4.78 is 2.08. The Labute approximate surface area is 181 Å². The molecule has 0 aliphatic rings. The number of nitrogens with one attached hydrogen (secondary N) is 1. The van der Waals surface area contributed by atoms with Gasteiger partial charge in [0.05, 0.1) is 22.9 Å². The lowest BCUT2D eigenvalue weighted by molar-refractivity contribution is 0.471. The van der Waals surface area contributed by atoms with Crippen molar-refractivity contribution in [1.82, 2.24) is 24.6 Å². The molecule has 3 aromatic rings. The average molecular weight is 498 g/mol. The highest BCUT2D eigenvalue weighted by atomic mass is 127. The quantitative estimate of drug-likeness (QED) is 0.320. The van der Waals surface area contributed by atoms with Crippen LogP contribution in [0.3, 0.4) is 0 Å². The highest BCUT2D eigenvalue weighted by Gasteiger charge is 2.09. The molecule has 3 aromatic heterocycles. The molecule has 6 nitrogen and oxygen atoms in total. The predicted octanol–water partition coefficient (Wildman–Crippen LogP) is 3.67. The van der Waals surface area contributed by atoms with E-state index in [0.29, 0.717) is 6.54 Å². The van der Waals surface area contributed by atoms with Gasteiger partial charge >= 0.3 is 0 Å². The number of aliphatic imine (C=N–C) groups is 1. The van der Waals surface area contributed by atoms with Crippen LogP contribution in [-0.2, 0) is 13.0 Å². The van der Waals surface area contributed by atoms with E-state index in [2.05, 4.69) is 51.1 Å². The van der Waals surface area contributed by atoms with Crippen LogP contribution < -0.4 is 5.32 Å². The van der Waals surface area contributed by atoms with Gasteiger partial charge in [-0.3, -0.25) is 4.99 Å². The molecule has 0 fully saturated rings. The van der Waals surface area contributed by atoms with Gasteiger partial charge in [0.2, 0.25) is 0 Å². The van der Waals surface area contributed by atoms with Crippen LogP contribution >= 0.6 is 35.3 Å². The van der Waals surface area contributed by atoms with Crippen LogP contribution in [0.1, 0.15) is 28.9 Å². The van der Waals surface area contributed by atoms with Crippen molar-refractivity contribution < 1.29 is 0 Å². The summed E-state index contributed by atoms with van der Waals surface area (Å²) in [6.07, 6.45) is 4.95. The maximum atomic E-state index is 4.76. The zero-order valence-corrected chi connectivity index (χ0v) is 19.4. The van der Waals surface area contributed by atoms with Gasteiger partial charge in [0.15, 0.2) is 5.96 Å². The molecule has 0 aromatic carbocycles. The topological polar surface area (TPSA) is 57.8 Å². The Kier molecular flexibility index (Phi) is 8.03. The third kappa shape index (κ3) is 5.65. The summed E-state index contributed by atoms with van der Waals surface area (Å²) in [7, 11) is 2.05. The molecule has 146 valence electrons. The van der Waals surface area contributed by atoms with Gasteiger partial charge in [-0.2, -0.15) is 0 Å². The molecule has 1 N–H and O–H groups in total. The molecular weight excluding hydrogens is 471 g/mol. The Morgan fingerprint density at radius 1 is 1.30 bits per heavy atom. The van der Waals surface area contributed by atoms with Crippen LogP contribution in [0, 0.1) is 13.8 Å². The number of halogens is 1. The van der Waals surface area contributed by atoms with Crippen molar-refractivity contribution in [2.24, 2.45) is 4.99 Å². The Balaban J connectivity index is 0.00000261. The van der Waals surface area contributed by atoms with Crippen molar-refractivity contribution in [3.05, 3.63) is 51.9 Å². The molecule has 3 rings (SSSR count). The first kappa shape index (κ1) is 21.6. The predicted molar refractivity (Wildman–Crippen MR) is 123 cm³/mol. The number of thiazole rings is 1. The fourth-order valence-electron chi connectivity index (χ4n) is 2.87. The molecule has 0 amide bonds. The molecule has 0 saturated carbocycles. The minimum absolute atomic E-state index is 0. The van der Waals surface area contributed by atoms with E-state index in [0.717, 1.165) is 47.5 Å². The molecule has 0 spiro atoms. The molecular formula is C19H27IN6S. The molecule has 0 unspecified atom stereocenters. The van der Waals surface area contributed by atoms with Gasteiger partial charge in [0, 0.05) is 44.3 Å². The second-order valence-electron chi connectivity index (χ2n) is 6.35. The molecule has 0 atom stereocenters. The number of pyridine rings is 1. The molecule has 0 aliphatic heterocycles. The van der Waals surface area contributed by atoms with E-state index in [-0.39, 0.29) is 24.0 Å². The van der Waals surface area contributed by atoms with Gasteiger partial charge < -0.3 is 14.6 Å². The first-order chi connectivity index (χ1) is 12.6. The number of rotatable bonds is 6. The fraction of sp³-hybridized carbons (Fsp3) is 0.421. The fourth-order valence-corrected chi connectivity index (χ4v) is 3.47. The number of fused-ring (bicyclic) bond motifs is 1. The summed E-state index contributed by atoms with van der Waals surface area (Å²) in [6.45, 7) is 8.50. The smallest absolute Gasteiger partial charge is 0.194 e. The van der Waals surface area contributed by atoms with E-state index in [4.69, 9.17) is 9.98 Å². The molecule has 3 heterocycles. The lowest BCUT2D eigenvalue weighted by Gasteiger charge is -2.21. The van der Waals surface area contributed by atoms with E-state index >= 15 is 0 Å². The summed E-state index contributed by atoms with van der Waals surface area (Å²) in [6, 6.07) is 4.13. The van der Waals surface area contributed by atoms with Crippen molar-refractivity contribution in [3.8, 4) is 0 Å². The molecule has 0 radical (unpaired) electrons. The van der Waals surface area contributed by atoms with Crippen LogP contribution in [0.25, 0.3) is 5.65 Å². The summed E-state index contributed by atoms with van der Waals surface area (Å²) >= 11 is 1.68.